The topological polar surface area (TPSA) is 67.8 Å². The van der Waals surface area contributed by atoms with E-state index in [1.807, 2.05) is 0 Å². The van der Waals surface area contributed by atoms with Crippen molar-refractivity contribution in [2.45, 2.75) is 77.5 Å². The third kappa shape index (κ3) is 7.75. The zero-order valence-electron chi connectivity index (χ0n) is 21.6. The summed E-state index contributed by atoms with van der Waals surface area (Å²) in [7, 11) is 0. The van der Waals surface area contributed by atoms with E-state index in [-0.39, 0.29) is 34.0 Å². The van der Waals surface area contributed by atoms with Crippen LogP contribution >= 0.6 is 35.6 Å². The van der Waals surface area contributed by atoms with Gasteiger partial charge in [-0.3, -0.25) is 4.79 Å². The molecular weight excluding hydrogens is 521 g/mol. The van der Waals surface area contributed by atoms with Crippen LogP contribution in [0, 0.1) is 5.92 Å². The molecule has 0 aliphatic heterocycles. The SMILES string of the molecule is CCOC(=O)C(C)c1ccc(O[C@@H](C)[C@H](O)CNC(C)(C)CC2Cc3ccccc3C2)c(Cl)c1Cl.Cl. The predicted molar refractivity (Wildman–Crippen MR) is 149 cm³/mol. The number of carbonyl (C=O) groups is 1. The van der Waals surface area contributed by atoms with Crippen LogP contribution in [-0.2, 0) is 22.4 Å². The normalized spacial score (nSPS) is 16.0. The maximum Gasteiger partial charge on any atom is 0.313 e. The van der Waals surface area contributed by atoms with Crippen LogP contribution in [0.4, 0.5) is 0 Å². The summed E-state index contributed by atoms with van der Waals surface area (Å²) in [5.74, 6) is 0.0531. The Kier molecular flexibility index (Phi) is 11.4. The van der Waals surface area contributed by atoms with Gasteiger partial charge in [-0.2, -0.15) is 0 Å². The minimum absolute atomic E-state index is 0. The molecule has 0 spiro atoms. The van der Waals surface area contributed by atoms with Gasteiger partial charge in [0.1, 0.15) is 23.0 Å². The molecule has 0 bridgehead atoms. The van der Waals surface area contributed by atoms with E-state index in [9.17, 15) is 9.90 Å². The number of carbonyl (C=O) groups excluding carboxylic acids is 1. The number of aliphatic hydroxyl groups is 1. The molecule has 1 aliphatic rings. The smallest absolute Gasteiger partial charge is 0.313 e. The second kappa shape index (κ2) is 13.3. The molecule has 0 radical (unpaired) electrons. The molecule has 1 unspecified atom stereocenters. The van der Waals surface area contributed by atoms with Crippen molar-refractivity contribution in [1.29, 1.82) is 0 Å². The highest BCUT2D eigenvalue weighted by molar-refractivity contribution is 6.43. The van der Waals surface area contributed by atoms with Crippen LogP contribution in [-0.4, -0.2) is 42.0 Å². The summed E-state index contributed by atoms with van der Waals surface area (Å²) in [4.78, 5) is 12.1. The maximum absolute atomic E-state index is 12.1. The number of nitrogens with one attached hydrogen (secondary N) is 1. The van der Waals surface area contributed by atoms with E-state index in [2.05, 4.69) is 43.4 Å². The molecule has 0 fully saturated rings. The third-order valence-corrected chi connectivity index (χ3v) is 7.64. The fourth-order valence-electron chi connectivity index (χ4n) is 4.78. The molecule has 3 rings (SSSR count). The Morgan fingerprint density at radius 2 is 1.72 bits per heavy atom. The first kappa shape index (κ1) is 30.7. The molecule has 5 nitrogen and oxygen atoms in total. The fourth-order valence-corrected chi connectivity index (χ4v) is 5.32. The number of aliphatic hydroxyl groups excluding tert-OH is 1. The molecule has 36 heavy (non-hydrogen) atoms. The van der Waals surface area contributed by atoms with Gasteiger partial charge in [-0.25, -0.2) is 0 Å². The second-order valence-corrected chi connectivity index (χ2v) is 10.9. The summed E-state index contributed by atoms with van der Waals surface area (Å²) >= 11 is 12.9. The lowest BCUT2D eigenvalue weighted by Gasteiger charge is -2.32. The van der Waals surface area contributed by atoms with Crippen LogP contribution < -0.4 is 10.1 Å². The van der Waals surface area contributed by atoms with Crippen molar-refractivity contribution in [1.82, 2.24) is 5.32 Å². The van der Waals surface area contributed by atoms with E-state index in [0.717, 1.165) is 19.3 Å². The second-order valence-electron chi connectivity index (χ2n) is 10.2. The average Bonchev–Trinajstić information content (AvgIpc) is 3.21. The quantitative estimate of drug-likeness (QED) is 0.313. The van der Waals surface area contributed by atoms with Crippen molar-refractivity contribution in [3.63, 3.8) is 0 Å². The molecule has 0 heterocycles. The zero-order chi connectivity index (χ0) is 25.8. The monoisotopic (exact) mass is 557 g/mol. The number of benzene rings is 2. The van der Waals surface area contributed by atoms with E-state index in [1.165, 1.54) is 11.1 Å². The summed E-state index contributed by atoms with van der Waals surface area (Å²) in [6.45, 7) is 10.3. The van der Waals surface area contributed by atoms with Crippen molar-refractivity contribution in [2.24, 2.45) is 5.92 Å². The summed E-state index contributed by atoms with van der Waals surface area (Å²) in [6, 6.07) is 12.1. The number of hydrogen-bond acceptors (Lipinski definition) is 5. The highest BCUT2D eigenvalue weighted by Crippen LogP contribution is 2.39. The van der Waals surface area contributed by atoms with E-state index in [4.69, 9.17) is 32.7 Å². The van der Waals surface area contributed by atoms with Crippen molar-refractivity contribution in [3.8, 4) is 5.75 Å². The maximum atomic E-state index is 12.1. The summed E-state index contributed by atoms with van der Waals surface area (Å²) < 4.78 is 11.0. The molecule has 2 aromatic rings. The Bertz CT molecular complexity index is 1000. The average molecular weight is 559 g/mol. The fraction of sp³-hybridized carbons (Fsp3) is 0.536. The summed E-state index contributed by atoms with van der Waals surface area (Å²) in [5, 5.41) is 14.7. The number of halogens is 3. The van der Waals surface area contributed by atoms with Gasteiger partial charge in [0.05, 0.1) is 17.5 Å². The van der Waals surface area contributed by atoms with Gasteiger partial charge in [0.15, 0.2) is 0 Å². The lowest BCUT2D eigenvalue weighted by molar-refractivity contribution is -0.144. The number of ether oxygens (including phenoxy) is 2. The molecule has 0 saturated heterocycles. The Labute approximate surface area is 231 Å². The minimum atomic E-state index is -0.747. The van der Waals surface area contributed by atoms with Crippen LogP contribution in [0.3, 0.4) is 0 Å². The van der Waals surface area contributed by atoms with Gasteiger partial charge in [0, 0.05) is 12.1 Å². The molecule has 0 aromatic heterocycles. The highest BCUT2D eigenvalue weighted by atomic mass is 35.5. The Hall–Kier alpha value is -1.50. The summed E-state index contributed by atoms with van der Waals surface area (Å²) in [5.41, 5.74) is 3.36. The van der Waals surface area contributed by atoms with Crippen molar-refractivity contribution in [3.05, 3.63) is 63.1 Å². The number of rotatable bonds is 11. The number of esters is 1. The van der Waals surface area contributed by atoms with Crippen LogP contribution in [0.25, 0.3) is 0 Å². The van der Waals surface area contributed by atoms with Gasteiger partial charge in [-0.1, -0.05) is 53.5 Å². The van der Waals surface area contributed by atoms with Gasteiger partial charge in [0.25, 0.3) is 0 Å². The van der Waals surface area contributed by atoms with Gasteiger partial charge in [0.2, 0.25) is 0 Å². The molecule has 3 atom stereocenters. The van der Waals surface area contributed by atoms with E-state index >= 15 is 0 Å². The van der Waals surface area contributed by atoms with E-state index in [0.29, 0.717) is 30.4 Å². The lowest BCUT2D eigenvalue weighted by atomic mass is 9.88. The molecule has 200 valence electrons. The molecule has 0 saturated carbocycles. The third-order valence-electron chi connectivity index (χ3n) is 6.76. The summed E-state index contributed by atoms with van der Waals surface area (Å²) in [6.07, 6.45) is 1.96. The standard InChI is InChI=1S/C28H37Cl2NO4.ClH/c1-6-34-27(33)17(2)22-11-12-24(26(30)25(22)29)35-18(3)23(32)16-31-28(4,5)15-19-13-20-9-7-8-10-21(20)14-19;/h7-12,17-19,23,31-32H,6,13-16H2,1-5H3;1H/t17?,18-,23+;/m0./s1. The van der Waals surface area contributed by atoms with Gasteiger partial charge < -0.3 is 19.9 Å². The predicted octanol–water partition coefficient (Wildman–Crippen LogP) is 6.38. The first-order valence-corrected chi connectivity index (χ1v) is 13.1. The largest absolute Gasteiger partial charge is 0.486 e. The van der Waals surface area contributed by atoms with Crippen LogP contribution in [0.2, 0.25) is 10.0 Å². The zero-order valence-corrected chi connectivity index (χ0v) is 24.0. The van der Waals surface area contributed by atoms with Gasteiger partial charge in [-0.05, 0) is 82.6 Å². The van der Waals surface area contributed by atoms with Crippen molar-refractivity contribution in [2.75, 3.05) is 13.2 Å². The van der Waals surface area contributed by atoms with Crippen molar-refractivity contribution < 1.29 is 19.4 Å². The number of hydrogen-bond donors (Lipinski definition) is 2. The Morgan fingerprint density at radius 3 is 2.31 bits per heavy atom. The molecule has 2 aromatic carbocycles. The van der Waals surface area contributed by atoms with Crippen LogP contribution in [0.1, 0.15) is 63.6 Å². The number of fused-ring (bicyclic) bond motifs is 1. The molecule has 2 N–H and O–H groups in total. The number of β-amino-alcohol motifs (C(OH)–C–C–N with tert-alkyl or cyclic N) is 1. The molecular formula is C28H38Cl3NO4. The Morgan fingerprint density at radius 1 is 1.11 bits per heavy atom. The first-order valence-electron chi connectivity index (χ1n) is 12.3. The first-order chi connectivity index (χ1) is 16.5. The van der Waals surface area contributed by atoms with E-state index in [1.54, 1.807) is 32.9 Å². The highest BCUT2D eigenvalue weighted by Gasteiger charge is 2.29. The van der Waals surface area contributed by atoms with Crippen molar-refractivity contribution >= 4 is 41.6 Å². The molecule has 8 heteroatoms. The van der Waals surface area contributed by atoms with E-state index < -0.39 is 18.1 Å². The Balaban J connectivity index is 0.00000456. The minimum Gasteiger partial charge on any atom is -0.486 e. The molecule has 0 amide bonds. The van der Waals surface area contributed by atoms with Crippen LogP contribution in [0.15, 0.2) is 36.4 Å². The van der Waals surface area contributed by atoms with Crippen LogP contribution in [0.5, 0.6) is 5.75 Å². The van der Waals surface area contributed by atoms with Gasteiger partial charge >= 0.3 is 5.97 Å². The lowest BCUT2D eigenvalue weighted by Crippen LogP contribution is -2.48. The van der Waals surface area contributed by atoms with Gasteiger partial charge in [-0.15, -0.1) is 12.4 Å². The molecule has 1 aliphatic carbocycles.